The van der Waals surface area contributed by atoms with E-state index in [9.17, 15) is 5.11 Å². The lowest BCUT2D eigenvalue weighted by molar-refractivity contribution is -0.0419. The molecule has 31 heavy (non-hydrogen) atoms. The first-order valence-corrected chi connectivity index (χ1v) is 13.2. The SMILES string of the molecule is C=C[C@H](C)[C@@H](O)[C@H](C[C@H](C)CO[Si](c1ccccc1)(c1ccccc1)C(C)(C)C)OC. The Hall–Kier alpha value is -1.72. The number of hydrogen-bond acceptors (Lipinski definition) is 3. The molecule has 0 amide bonds. The Kier molecular flexibility index (Phi) is 9.25. The lowest BCUT2D eigenvalue weighted by Gasteiger charge is -2.43. The lowest BCUT2D eigenvalue weighted by atomic mass is 9.93. The summed E-state index contributed by atoms with van der Waals surface area (Å²) in [7, 11) is -0.883. The van der Waals surface area contributed by atoms with E-state index in [0.29, 0.717) is 6.61 Å². The van der Waals surface area contributed by atoms with Crippen LogP contribution in [0, 0.1) is 11.8 Å². The molecule has 0 saturated carbocycles. The zero-order valence-corrected chi connectivity index (χ0v) is 21.0. The Morgan fingerprint density at radius 1 is 0.968 bits per heavy atom. The van der Waals surface area contributed by atoms with Crippen LogP contribution in [-0.2, 0) is 9.16 Å². The Morgan fingerprint density at radius 2 is 1.45 bits per heavy atom. The summed E-state index contributed by atoms with van der Waals surface area (Å²) in [4.78, 5) is 0. The molecule has 0 fully saturated rings. The number of benzene rings is 2. The van der Waals surface area contributed by atoms with Gasteiger partial charge in [-0.2, -0.15) is 0 Å². The van der Waals surface area contributed by atoms with Crippen LogP contribution in [0.15, 0.2) is 73.3 Å². The minimum atomic E-state index is -2.55. The zero-order chi connectivity index (χ0) is 23.1. The predicted molar refractivity (Wildman–Crippen MR) is 134 cm³/mol. The summed E-state index contributed by atoms with van der Waals surface area (Å²) >= 11 is 0. The predicted octanol–water partition coefficient (Wildman–Crippen LogP) is 4.79. The normalized spacial score (nSPS) is 16.4. The van der Waals surface area contributed by atoms with Crippen molar-refractivity contribution in [3.05, 3.63) is 73.3 Å². The van der Waals surface area contributed by atoms with Crippen LogP contribution in [-0.4, -0.2) is 39.3 Å². The van der Waals surface area contributed by atoms with E-state index in [1.807, 2.05) is 6.92 Å². The Morgan fingerprint density at radius 3 is 1.84 bits per heavy atom. The quantitative estimate of drug-likeness (QED) is 0.403. The fraction of sp³-hybridized carbons (Fsp3) is 0.481. The molecule has 0 heterocycles. The third-order valence-corrected chi connectivity index (χ3v) is 11.2. The fourth-order valence-electron chi connectivity index (χ4n) is 4.35. The lowest BCUT2D eigenvalue weighted by Crippen LogP contribution is -2.66. The molecule has 2 aromatic carbocycles. The summed E-state index contributed by atoms with van der Waals surface area (Å²) in [6.07, 6.45) is 1.69. The third-order valence-electron chi connectivity index (χ3n) is 6.23. The van der Waals surface area contributed by atoms with Gasteiger partial charge in [0, 0.05) is 19.6 Å². The van der Waals surface area contributed by atoms with Crippen LogP contribution < -0.4 is 10.4 Å². The molecule has 4 atom stereocenters. The van der Waals surface area contributed by atoms with Crippen LogP contribution in [0.1, 0.15) is 41.0 Å². The van der Waals surface area contributed by atoms with Gasteiger partial charge < -0.3 is 14.3 Å². The van der Waals surface area contributed by atoms with Gasteiger partial charge in [-0.05, 0) is 27.8 Å². The highest BCUT2D eigenvalue weighted by molar-refractivity contribution is 6.99. The summed E-state index contributed by atoms with van der Waals surface area (Å²) in [5, 5.41) is 13.1. The number of aliphatic hydroxyl groups excluding tert-OH is 1. The maximum Gasteiger partial charge on any atom is 0.261 e. The minimum absolute atomic E-state index is 0.0188. The summed E-state index contributed by atoms with van der Waals surface area (Å²) in [6, 6.07) is 21.4. The summed E-state index contributed by atoms with van der Waals surface area (Å²) in [5.41, 5.74) is 0. The molecule has 0 aliphatic heterocycles. The highest BCUT2D eigenvalue weighted by atomic mass is 28.4. The molecule has 0 unspecified atom stereocenters. The molecule has 0 bridgehead atoms. The Labute approximate surface area is 190 Å². The molecular formula is C27H40O3Si. The molecule has 0 aromatic heterocycles. The van der Waals surface area contributed by atoms with Gasteiger partial charge in [0.2, 0.25) is 0 Å². The van der Waals surface area contributed by atoms with Crippen molar-refractivity contribution in [2.75, 3.05) is 13.7 Å². The van der Waals surface area contributed by atoms with Gasteiger partial charge in [-0.1, -0.05) is 101 Å². The van der Waals surface area contributed by atoms with E-state index in [1.54, 1.807) is 13.2 Å². The fourth-order valence-corrected chi connectivity index (χ4v) is 9.04. The number of ether oxygens (including phenoxy) is 1. The standard InChI is InChI=1S/C27H40O3Si/c1-8-22(3)26(28)25(29-7)19-21(2)20-30-31(27(4,5)6,23-15-11-9-12-16-23)24-17-13-10-14-18-24/h8-18,21-22,25-26,28H,1,19-20H2,2-7H3/t21-,22-,25-,26+/m0/s1. The van der Waals surface area contributed by atoms with Gasteiger partial charge in [0.25, 0.3) is 8.32 Å². The molecule has 2 rings (SSSR count). The molecule has 1 N–H and O–H groups in total. The zero-order valence-electron chi connectivity index (χ0n) is 20.0. The van der Waals surface area contributed by atoms with Gasteiger partial charge in [-0.15, -0.1) is 6.58 Å². The van der Waals surface area contributed by atoms with Crippen molar-refractivity contribution in [3.63, 3.8) is 0 Å². The maximum atomic E-state index is 10.6. The van der Waals surface area contributed by atoms with Crippen molar-refractivity contribution in [1.29, 1.82) is 0 Å². The van der Waals surface area contributed by atoms with Crippen molar-refractivity contribution in [2.24, 2.45) is 11.8 Å². The third kappa shape index (κ3) is 5.95. The average molecular weight is 441 g/mol. The van der Waals surface area contributed by atoms with Crippen LogP contribution in [0.3, 0.4) is 0 Å². The van der Waals surface area contributed by atoms with E-state index in [0.717, 1.165) is 6.42 Å². The highest BCUT2D eigenvalue weighted by Crippen LogP contribution is 2.37. The Bertz CT molecular complexity index is 746. The van der Waals surface area contributed by atoms with Crippen molar-refractivity contribution < 1.29 is 14.3 Å². The molecule has 170 valence electrons. The van der Waals surface area contributed by atoms with E-state index >= 15 is 0 Å². The van der Waals surface area contributed by atoms with Gasteiger partial charge in [0.15, 0.2) is 0 Å². The van der Waals surface area contributed by atoms with Crippen molar-refractivity contribution in [2.45, 2.75) is 58.3 Å². The molecule has 4 heteroatoms. The Balaban J connectivity index is 2.33. The molecule has 0 saturated heterocycles. The monoisotopic (exact) mass is 440 g/mol. The van der Waals surface area contributed by atoms with Crippen molar-refractivity contribution >= 4 is 18.7 Å². The summed E-state index contributed by atoms with van der Waals surface area (Å²) in [6.45, 7) is 15.4. The molecular weight excluding hydrogens is 400 g/mol. The number of methoxy groups -OCH3 is 1. The number of hydrogen-bond donors (Lipinski definition) is 1. The van der Waals surface area contributed by atoms with Gasteiger partial charge in [-0.3, -0.25) is 0 Å². The molecule has 0 aliphatic carbocycles. The van der Waals surface area contributed by atoms with Crippen molar-refractivity contribution in [3.8, 4) is 0 Å². The van der Waals surface area contributed by atoms with Gasteiger partial charge in [0.1, 0.15) is 0 Å². The first-order valence-electron chi connectivity index (χ1n) is 11.3. The van der Waals surface area contributed by atoms with Crippen LogP contribution in [0.4, 0.5) is 0 Å². The topological polar surface area (TPSA) is 38.7 Å². The van der Waals surface area contributed by atoms with E-state index in [-0.39, 0.29) is 23.0 Å². The second-order valence-electron chi connectivity index (χ2n) is 9.67. The summed E-state index contributed by atoms with van der Waals surface area (Å²) < 4.78 is 12.7. The van der Waals surface area contributed by atoms with Gasteiger partial charge >= 0.3 is 0 Å². The second-order valence-corrected chi connectivity index (χ2v) is 14.0. The molecule has 0 aliphatic rings. The van der Waals surface area contributed by atoms with Gasteiger partial charge in [-0.25, -0.2) is 0 Å². The van der Waals surface area contributed by atoms with Crippen LogP contribution in [0.25, 0.3) is 0 Å². The maximum absolute atomic E-state index is 10.6. The smallest absolute Gasteiger partial charge is 0.261 e. The van der Waals surface area contributed by atoms with E-state index in [4.69, 9.17) is 9.16 Å². The van der Waals surface area contributed by atoms with E-state index in [1.165, 1.54) is 10.4 Å². The van der Waals surface area contributed by atoms with E-state index in [2.05, 4.69) is 94.9 Å². The highest BCUT2D eigenvalue weighted by Gasteiger charge is 2.50. The molecule has 3 nitrogen and oxygen atoms in total. The van der Waals surface area contributed by atoms with Crippen LogP contribution >= 0.6 is 0 Å². The summed E-state index contributed by atoms with van der Waals surface area (Å²) in [5.74, 6) is 0.216. The number of rotatable bonds is 11. The van der Waals surface area contributed by atoms with Crippen molar-refractivity contribution in [1.82, 2.24) is 0 Å². The first-order chi connectivity index (χ1) is 14.7. The second kappa shape index (κ2) is 11.2. The van der Waals surface area contributed by atoms with Crippen LogP contribution in [0.5, 0.6) is 0 Å². The van der Waals surface area contributed by atoms with Crippen LogP contribution in [0.2, 0.25) is 5.04 Å². The average Bonchev–Trinajstić information content (AvgIpc) is 2.77. The number of aliphatic hydroxyl groups is 1. The largest absolute Gasteiger partial charge is 0.407 e. The molecule has 0 radical (unpaired) electrons. The molecule has 0 spiro atoms. The molecule has 2 aromatic rings. The van der Waals surface area contributed by atoms with Gasteiger partial charge in [0.05, 0.1) is 12.2 Å². The minimum Gasteiger partial charge on any atom is -0.407 e. The first kappa shape index (κ1) is 25.5. The van der Waals surface area contributed by atoms with E-state index < -0.39 is 14.4 Å².